The van der Waals surface area contributed by atoms with Gasteiger partial charge in [-0.25, -0.2) is 9.97 Å². The van der Waals surface area contributed by atoms with Gasteiger partial charge in [-0.05, 0) is 5.56 Å². The molecule has 1 aliphatic rings. The minimum Gasteiger partial charge on any atom is -0.379 e. The summed E-state index contributed by atoms with van der Waals surface area (Å²) in [6.45, 7) is 5.48. The van der Waals surface area contributed by atoms with E-state index in [4.69, 9.17) is 4.74 Å². The number of thiophene rings is 1. The van der Waals surface area contributed by atoms with Crippen molar-refractivity contribution in [3.63, 3.8) is 0 Å². The number of nitrogens with zero attached hydrogens (tertiary/aromatic N) is 3. The molecule has 29 heavy (non-hydrogen) atoms. The number of anilines is 1. The molecule has 3 aromatic rings. The Hall–Kier alpha value is -2.55. The third-order valence-electron chi connectivity index (χ3n) is 4.95. The standard InChI is InChI=1S/C21H25N5O2S/c27-18(22-8-9-26-10-12-28-13-11-26)6-7-23-20-19-17(16-4-2-1-3-5-16)14-29-21(19)25-15-24-20/h1-5,14-15H,6-13H2,(H,22,27)(H,23,24,25). The smallest absolute Gasteiger partial charge is 0.221 e. The van der Waals surface area contributed by atoms with Crippen LogP contribution in [0.3, 0.4) is 0 Å². The number of hydrogen-bond acceptors (Lipinski definition) is 7. The topological polar surface area (TPSA) is 79.4 Å². The van der Waals surface area contributed by atoms with Crippen LogP contribution in [-0.2, 0) is 9.53 Å². The van der Waals surface area contributed by atoms with Gasteiger partial charge < -0.3 is 15.4 Å². The molecule has 0 unspecified atom stereocenters. The lowest BCUT2D eigenvalue weighted by atomic mass is 10.1. The Morgan fingerprint density at radius 2 is 1.97 bits per heavy atom. The van der Waals surface area contributed by atoms with Gasteiger partial charge >= 0.3 is 0 Å². The highest BCUT2D eigenvalue weighted by atomic mass is 32.1. The van der Waals surface area contributed by atoms with Crippen LogP contribution >= 0.6 is 11.3 Å². The highest BCUT2D eigenvalue weighted by molar-refractivity contribution is 7.17. The maximum atomic E-state index is 12.2. The van der Waals surface area contributed by atoms with Crippen molar-refractivity contribution in [3.8, 4) is 11.1 Å². The van der Waals surface area contributed by atoms with E-state index in [1.165, 1.54) is 0 Å². The van der Waals surface area contributed by atoms with Gasteiger partial charge in [0, 0.05) is 50.1 Å². The number of ether oxygens (including phenoxy) is 1. The number of amides is 1. The van der Waals surface area contributed by atoms with Gasteiger partial charge in [0.05, 0.1) is 18.6 Å². The molecule has 2 aromatic heterocycles. The average Bonchev–Trinajstić information content (AvgIpc) is 3.20. The summed E-state index contributed by atoms with van der Waals surface area (Å²) in [6.07, 6.45) is 1.97. The third-order valence-corrected chi connectivity index (χ3v) is 5.84. The lowest BCUT2D eigenvalue weighted by molar-refractivity contribution is -0.120. The zero-order valence-corrected chi connectivity index (χ0v) is 17.1. The predicted molar refractivity (Wildman–Crippen MR) is 116 cm³/mol. The molecule has 1 aromatic carbocycles. The molecule has 1 aliphatic heterocycles. The van der Waals surface area contributed by atoms with Crippen molar-refractivity contribution in [1.29, 1.82) is 0 Å². The van der Waals surface area contributed by atoms with Crippen LogP contribution in [0, 0.1) is 0 Å². The van der Waals surface area contributed by atoms with Crippen molar-refractivity contribution in [2.75, 3.05) is 51.3 Å². The number of aromatic nitrogens is 2. The number of carbonyl (C=O) groups excluding carboxylic acids is 1. The fraction of sp³-hybridized carbons (Fsp3) is 0.381. The van der Waals surface area contributed by atoms with Crippen molar-refractivity contribution < 1.29 is 9.53 Å². The molecule has 0 aliphatic carbocycles. The third kappa shape index (κ3) is 5.09. The largest absolute Gasteiger partial charge is 0.379 e. The van der Waals surface area contributed by atoms with E-state index >= 15 is 0 Å². The number of nitrogens with one attached hydrogen (secondary N) is 2. The molecule has 2 N–H and O–H groups in total. The Bertz CT molecular complexity index is 941. The van der Waals surface area contributed by atoms with E-state index in [0.29, 0.717) is 19.5 Å². The molecule has 152 valence electrons. The normalized spacial score (nSPS) is 14.8. The Morgan fingerprint density at radius 1 is 1.14 bits per heavy atom. The SMILES string of the molecule is O=C(CCNc1ncnc2scc(-c3ccccc3)c12)NCCN1CCOCC1. The maximum absolute atomic E-state index is 12.2. The van der Waals surface area contributed by atoms with Crippen LogP contribution in [0.25, 0.3) is 21.3 Å². The lowest BCUT2D eigenvalue weighted by Crippen LogP contribution is -2.41. The summed E-state index contributed by atoms with van der Waals surface area (Å²) in [4.78, 5) is 24.2. The summed E-state index contributed by atoms with van der Waals surface area (Å²) in [6, 6.07) is 10.2. The van der Waals surface area contributed by atoms with Crippen LogP contribution in [0.5, 0.6) is 0 Å². The Balaban J connectivity index is 1.31. The highest BCUT2D eigenvalue weighted by Crippen LogP contribution is 2.36. The van der Waals surface area contributed by atoms with E-state index in [1.54, 1.807) is 17.7 Å². The minimum absolute atomic E-state index is 0.0460. The summed E-state index contributed by atoms with van der Waals surface area (Å²) in [5, 5.41) is 9.44. The van der Waals surface area contributed by atoms with Crippen molar-refractivity contribution in [2.24, 2.45) is 0 Å². The monoisotopic (exact) mass is 411 g/mol. The molecule has 1 fully saturated rings. The average molecular weight is 412 g/mol. The van der Waals surface area contributed by atoms with Gasteiger partial charge in [0.2, 0.25) is 5.91 Å². The first-order valence-corrected chi connectivity index (χ1v) is 10.8. The fourth-order valence-corrected chi connectivity index (χ4v) is 4.32. The lowest BCUT2D eigenvalue weighted by Gasteiger charge is -2.26. The van der Waals surface area contributed by atoms with Gasteiger partial charge in [0.25, 0.3) is 0 Å². The minimum atomic E-state index is 0.0460. The molecule has 0 radical (unpaired) electrons. The second kappa shape index (κ2) is 9.78. The van der Waals surface area contributed by atoms with Gasteiger partial charge in [0.15, 0.2) is 0 Å². The van der Waals surface area contributed by atoms with Gasteiger partial charge in [-0.15, -0.1) is 11.3 Å². The van der Waals surface area contributed by atoms with Crippen LogP contribution in [0.4, 0.5) is 5.82 Å². The van der Waals surface area contributed by atoms with E-state index in [-0.39, 0.29) is 5.91 Å². The van der Waals surface area contributed by atoms with E-state index < -0.39 is 0 Å². The molecule has 3 heterocycles. The van der Waals surface area contributed by atoms with Crippen LogP contribution in [0.1, 0.15) is 6.42 Å². The molecule has 0 spiro atoms. The summed E-state index contributed by atoms with van der Waals surface area (Å²) in [5.74, 6) is 0.820. The molecule has 1 saturated heterocycles. The maximum Gasteiger partial charge on any atom is 0.221 e. The van der Waals surface area contributed by atoms with E-state index in [1.807, 2.05) is 18.2 Å². The quantitative estimate of drug-likeness (QED) is 0.593. The van der Waals surface area contributed by atoms with Crippen molar-refractivity contribution in [3.05, 3.63) is 42.0 Å². The first-order valence-electron chi connectivity index (χ1n) is 9.89. The van der Waals surface area contributed by atoms with Crippen LogP contribution in [0.15, 0.2) is 42.0 Å². The second-order valence-corrected chi connectivity index (χ2v) is 7.76. The number of fused-ring (bicyclic) bond motifs is 1. The van der Waals surface area contributed by atoms with E-state index in [9.17, 15) is 4.79 Å². The predicted octanol–water partition coefficient (Wildman–Crippen LogP) is 2.61. The van der Waals surface area contributed by atoms with Gasteiger partial charge in [-0.3, -0.25) is 9.69 Å². The molecular formula is C21H25N5O2S. The van der Waals surface area contributed by atoms with Gasteiger partial charge in [-0.2, -0.15) is 0 Å². The van der Waals surface area contributed by atoms with Crippen molar-refractivity contribution in [2.45, 2.75) is 6.42 Å². The van der Waals surface area contributed by atoms with Crippen LogP contribution in [0.2, 0.25) is 0 Å². The van der Waals surface area contributed by atoms with Gasteiger partial charge in [-0.1, -0.05) is 30.3 Å². The number of carbonyl (C=O) groups is 1. The molecule has 8 heteroatoms. The summed E-state index contributed by atoms with van der Waals surface area (Å²) < 4.78 is 5.34. The molecule has 1 amide bonds. The van der Waals surface area contributed by atoms with Gasteiger partial charge in [0.1, 0.15) is 17.0 Å². The number of benzene rings is 1. The molecule has 0 bridgehead atoms. The number of morpholine rings is 1. The fourth-order valence-electron chi connectivity index (χ4n) is 3.40. The van der Waals surface area contributed by atoms with Crippen molar-refractivity contribution >= 4 is 33.3 Å². The molecular weight excluding hydrogens is 386 g/mol. The summed E-state index contributed by atoms with van der Waals surface area (Å²) in [7, 11) is 0. The first-order chi connectivity index (χ1) is 14.3. The second-order valence-electron chi connectivity index (χ2n) is 6.90. The highest BCUT2D eigenvalue weighted by Gasteiger charge is 2.13. The first kappa shape index (κ1) is 19.8. The Morgan fingerprint density at radius 3 is 2.79 bits per heavy atom. The summed E-state index contributed by atoms with van der Waals surface area (Å²) in [5.41, 5.74) is 2.25. The molecule has 4 rings (SSSR count). The van der Waals surface area contributed by atoms with E-state index in [0.717, 1.165) is 60.0 Å². The van der Waals surface area contributed by atoms with Crippen LogP contribution in [-0.4, -0.2) is 66.7 Å². The Labute approximate surface area is 174 Å². The van der Waals surface area contributed by atoms with E-state index in [2.05, 4.69) is 43.0 Å². The molecule has 0 atom stereocenters. The summed E-state index contributed by atoms with van der Waals surface area (Å²) >= 11 is 1.60. The number of hydrogen-bond donors (Lipinski definition) is 2. The number of rotatable bonds is 8. The van der Waals surface area contributed by atoms with Crippen molar-refractivity contribution in [1.82, 2.24) is 20.2 Å². The zero-order chi connectivity index (χ0) is 19.9. The Kier molecular flexibility index (Phi) is 6.66. The molecule has 0 saturated carbocycles. The van der Waals surface area contributed by atoms with Crippen LogP contribution < -0.4 is 10.6 Å². The zero-order valence-electron chi connectivity index (χ0n) is 16.3. The molecule has 7 nitrogen and oxygen atoms in total.